The molecule has 78 valence electrons. The zero-order chi connectivity index (χ0) is 10.8. The van der Waals surface area contributed by atoms with Crippen molar-refractivity contribution in [2.24, 2.45) is 0 Å². The van der Waals surface area contributed by atoms with Crippen LogP contribution < -0.4 is 4.90 Å². The minimum atomic E-state index is 0.384. The number of nitriles is 1. The maximum Gasteiger partial charge on any atom is 0.132 e. The van der Waals surface area contributed by atoms with E-state index in [1.807, 2.05) is 7.05 Å². The number of pyridine rings is 1. The summed E-state index contributed by atoms with van der Waals surface area (Å²) >= 11 is 5.85. The maximum absolute atomic E-state index is 8.82. The SMILES string of the molecule is CN(c1cc(C#N)cc(Cl)n1)C1CCC1. The van der Waals surface area contributed by atoms with Gasteiger partial charge in [-0.3, -0.25) is 0 Å². The van der Waals surface area contributed by atoms with E-state index in [4.69, 9.17) is 16.9 Å². The van der Waals surface area contributed by atoms with Crippen LogP contribution in [0.4, 0.5) is 5.82 Å². The molecule has 1 fully saturated rings. The average molecular weight is 222 g/mol. The van der Waals surface area contributed by atoms with Crippen molar-refractivity contribution in [3.8, 4) is 6.07 Å². The fourth-order valence-electron chi connectivity index (χ4n) is 1.69. The minimum Gasteiger partial charge on any atom is -0.357 e. The summed E-state index contributed by atoms with van der Waals surface area (Å²) in [5, 5.41) is 9.21. The molecule has 4 heteroatoms. The molecule has 0 atom stereocenters. The highest BCUT2D eigenvalue weighted by molar-refractivity contribution is 6.29. The predicted molar refractivity (Wildman–Crippen MR) is 60.0 cm³/mol. The van der Waals surface area contributed by atoms with E-state index < -0.39 is 0 Å². The summed E-state index contributed by atoms with van der Waals surface area (Å²) in [4.78, 5) is 6.33. The van der Waals surface area contributed by atoms with E-state index >= 15 is 0 Å². The van der Waals surface area contributed by atoms with Crippen LogP contribution in [0.1, 0.15) is 24.8 Å². The van der Waals surface area contributed by atoms with Gasteiger partial charge in [0.1, 0.15) is 11.0 Å². The molecule has 0 aliphatic heterocycles. The van der Waals surface area contributed by atoms with Gasteiger partial charge in [0.05, 0.1) is 11.6 Å². The second-order valence-corrected chi connectivity index (χ2v) is 4.23. The Labute approximate surface area is 94.3 Å². The van der Waals surface area contributed by atoms with Gasteiger partial charge in [-0.15, -0.1) is 0 Å². The molecule has 1 aliphatic rings. The van der Waals surface area contributed by atoms with Gasteiger partial charge in [-0.2, -0.15) is 5.26 Å². The molecule has 0 N–H and O–H groups in total. The number of rotatable bonds is 2. The molecule has 1 heterocycles. The molecule has 2 rings (SSSR count). The lowest BCUT2D eigenvalue weighted by atomic mass is 9.92. The fourth-order valence-corrected chi connectivity index (χ4v) is 1.89. The Kier molecular flexibility index (Phi) is 2.79. The molecule has 0 aromatic carbocycles. The molecule has 0 bridgehead atoms. The van der Waals surface area contributed by atoms with E-state index in [0.717, 1.165) is 5.82 Å². The Morgan fingerprint density at radius 3 is 2.80 bits per heavy atom. The van der Waals surface area contributed by atoms with Gasteiger partial charge in [-0.25, -0.2) is 4.98 Å². The molecule has 0 saturated heterocycles. The normalized spacial score (nSPS) is 15.5. The smallest absolute Gasteiger partial charge is 0.132 e. The first-order valence-electron chi connectivity index (χ1n) is 5.01. The quantitative estimate of drug-likeness (QED) is 0.721. The Balaban J connectivity index is 2.27. The lowest BCUT2D eigenvalue weighted by Crippen LogP contribution is -2.37. The van der Waals surface area contributed by atoms with Gasteiger partial charge in [0.15, 0.2) is 0 Å². The van der Waals surface area contributed by atoms with Gasteiger partial charge in [0, 0.05) is 13.1 Å². The highest BCUT2D eigenvalue weighted by atomic mass is 35.5. The van der Waals surface area contributed by atoms with Crippen molar-refractivity contribution in [3.05, 3.63) is 22.8 Å². The van der Waals surface area contributed by atoms with Gasteiger partial charge in [-0.05, 0) is 31.4 Å². The molecule has 1 aromatic heterocycles. The van der Waals surface area contributed by atoms with Crippen LogP contribution in [0.3, 0.4) is 0 Å². The van der Waals surface area contributed by atoms with Crippen LogP contribution >= 0.6 is 11.6 Å². The monoisotopic (exact) mass is 221 g/mol. The summed E-state index contributed by atoms with van der Waals surface area (Å²) in [6, 6.07) is 6.01. The lowest BCUT2D eigenvalue weighted by molar-refractivity contribution is 0.399. The van der Waals surface area contributed by atoms with Crippen molar-refractivity contribution < 1.29 is 0 Å². The highest BCUT2D eigenvalue weighted by Crippen LogP contribution is 2.28. The number of nitrogens with zero attached hydrogens (tertiary/aromatic N) is 3. The average Bonchev–Trinajstić information content (AvgIpc) is 2.14. The van der Waals surface area contributed by atoms with Crippen LogP contribution in [-0.4, -0.2) is 18.1 Å². The third-order valence-electron chi connectivity index (χ3n) is 2.89. The Morgan fingerprint density at radius 2 is 2.27 bits per heavy atom. The second-order valence-electron chi connectivity index (χ2n) is 3.84. The summed E-state index contributed by atoms with van der Waals surface area (Å²) < 4.78 is 0. The topological polar surface area (TPSA) is 39.9 Å². The first-order valence-corrected chi connectivity index (χ1v) is 5.39. The molecule has 0 spiro atoms. The van der Waals surface area contributed by atoms with E-state index in [2.05, 4.69) is 16.0 Å². The molecular weight excluding hydrogens is 210 g/mol. The summed E-state index contributed by atoms with van der Waals surface area (Å²) in [5.41, 5.74) is 0.566. The van der Waals surface area contributed by atoms with Crippen molar-refractivity contribution in [1.82, 2.24) is 4.98 Å². The second kappa shape index (κ2) is 4.08. The number of anilines is 1. The van der Waals surface area contributed by atoms with Crippen molar-refractivity contribution in [3.63, 3.8) is 0 Å². The molecule has 0 unspecified atom stereocenters. The maximum atomic E-state index is 8.82. The minimum absolute atomic E-state index is 0.384. The molecular formula is C11H12ClN3. The van der Waals surface area contributed by atoms with Crippen molar-refractivity contribution in [2.45, 2.75) is 25.3 Å². The Morgan fingerprint density at radius 1 is 1.53 bits per heavy atom. The third-order valence-corrected chi connectivity index (χ3v) is 3.09. The fraction of sp³-hybridized carbons (Fsp3) is 0.455. The summed E-state index contributed by atoms with van der Waals surface area (Å²) in [6.07, 6.45) is 3.68. The van der Waals surface area contributed by atoms with Crippen LogP contribution in [0.15, 0.2) is 12.1 Å². The van der Waals surface area contributed by atoms with Crippen molar-refractivity contribution in [1.29, 1.82) is 5.26 Å². The van der Waals surface area contributed by atoms with Crippen molar-refractivity contribution in [2.75, 3.05) is 11.9 Å². The van der Waals surface area contributed by atoms with Gasteiger partial charge >= 0.3 is 0 Å². The molecule has 15 heavy (non-hydrogen) atoms. The van der Waals surface area contributed by atoms with E-state index in [1.54, 1.807) is 12.1 Å². The Hall–Kier alpha value is -1.27. The molecule has 1 aromatic rings. The van der Waals surface area contributed by atoms with Crippen LogP contribution in [0.5, 0.6) is 0 Å². The summed E-state index contributed by atoms with van der Waals surface area (Å²) in [6.45, 7) is 0. The summed E-state index contributed by atoms with van der Waals surface area (Å²) in [5.74, 6) is 0.795. The van der Waals surface area contributed by atoms with Gasteiger partial charge in [-0.1, -0.05) is 11.6 Å². The van der Waals surface area contributed by atoms with Gasteiger partial charge < -0.3 is 4.90 Å². The van der Waals surface area contributed by atoms with E-state index in [0.29, 0.717) is 16.8 Å². The molecule has 0 radical (unpaired) electrons. The van der Waals surface area contributed by atoms with Crippen LogP contribution in [-0.2, 0) is 0 Å². The molecule has 3 nitrogen and oxygen atoms in total. The molecule has 0 amide bonds. The highest BCUT2D eigenvalue weighted by Gasteiger charge is 2.23. The van der Waals surface area contributed by atoms with E-state index in [1.165, 1.54) is 19.3 Å². The van der Waals surface area contributed by atoms with Gasteiger partial charge in [0.25, 0.3) is 0 Å². The third kappa shape index (κ3) is 2.05. The van der Waals surface area contributed by atoms with E-state index in [-0.39, 0.29) is 0 Å². The summed E-state index contributed by atoms with van der Waals surface area (Å²) in [7, 11) is 2.00. The van der Waals surface area contributed by atoms with Crippen LogP contribution in [0.25, 0.3) is 0 Å². The Bertz CT molecular complexity index is 407. The standard InChI is InChI=1S/C11H12ClN3/c1-15(9-3-2-4-9)11-6-8(7-13)5-10(12)14-11/h5-6,9H,2-4H2,1H3. The number of hydrogen-bond acceptors (Lipinski definition) is 3. The van der Waals surface area contributed by atoms with Crippen molar-refractivity contribution >= 4 is 17.4 Å². The first-order chi connectivity index (χ1) is 7.20. The number of aromatic nitrogens is 1. The zero-order valence-electron chi connectivity index (χ0n) is 8.57. The largest absolute Gasteiger partial charge is 0.357 e. The van der Waals surface area contributed by atoms with Gasteiger partial charge in [0.2, 0.25) is 0 Å². The van der Waals surface area contributed by atoms with Crippen LogP contribution in [0, 0.1) is 11.3 Å². The molecule has 1 saturated carbocycles. The number of hydrogen-bond donors (Lipinski definition) is 0. The molecule has 1 aliphatic carbocycles. The lowest BCUT2D eigenvalue weighted by Gasteiger charge is -2.35. The first kappa shape index (κ1) is 10.3. The zero-order valence-corrected chi connectivity index (χ0v) is 9.33. The predicted octanol–water partition coefficient (Wildman–Crippen LogP) is 2.60. The number of halogens is 1. The van der Waals surface area contributed by atoms with Crippen LogP contribution in [0.2, 0.25) is 5.15 Å². The van der Waals surface area contributed by atoms with E-state index in [9.17, 15) is 0 Å².